The molecule has 1 aromatic carbocycles. The SMILES string of the molecule is Cc1onc2c1c(=O)n(C1CCCC(NC(=O)COc3ccncc3)C1)c1cccc(Cl)c21. The smallest absolute Gasteiger partial charge is 0.264 e. The Balaban J connectivity index is 1.41. The molecular weight excluding hydrogens is 444 g/mol. The molecule has 0 radical (unpaired) electrons. The summed E-state index contributed by atoms with van der Waals surface area (Å²) in [5.74, 6) is 0.872. The average molecular weight is 467 g/mol. The summed E-state index contributed by atoms with van der Waals surface area (Å²) in [6, 6.07) is 8.77. The maximum atomic E-state index is 13.5. The molecule has 0 aliphatic heterocycles. The number of halogens is 1. The lowest BCUT2D eigenvalue weighted by molar-refractivity contribution is -0.124. The lowest BCUT2D eigenvalue weighted by Gasteiger charge is -2.32. The summed E-state index contributed by atoms with van der Waals surface area (Å²) in [6.07, 6.45) is 6.42. The van der Waals surface area contributed by atoms with Gasteiger partial charge in [0.2, 0.25) is 0 Å². The highest BCUT2D eigenvalue weighted by molar-refractivity contribution is 6.37. The van der Waals surface area contributed by atoms with Crippen LogP contribution in [0.15, 0.2) is 52.0 Å². The van der Waals surface area contributed by atoms with Crippen molar-refractivity contribution in [1.82, 2.24) is 20.0 Å². The minimum atomic E-state index is -0.192. The van der Waals surface area contributed by atoms with Crippen LogP contribution in [0, 0.1) is 6.92 Å². The molecule has 2 unspecified atom stereocenters. The molecule has 0 spiro atoms. The molecule has 1 aliphatic carbocycles. The van der Waals surface area contributed by atoms with Crippen molar-refractivity contribution in [3.05, 3.63) is 63.9 Å². The zero-order valence-corrected chi connectivity index (χ0v) is 18.8. The van der Waals surface area contributed by atoms with Crippen molar-refractivity contribution >= 4 is 39.3 Å². The summed E-state index contributed by atoms with van der Waals surface area (Å²) in [6.45, 7) is 1.66. The third-order valence-corrected chi connectivity index (χ3v) is 6.49. The highest BCUT2D eigenvalue weighted by Crippen LogP contribution is 2.35. The van der Waals surface area contributed by atoms with E-state index in [-0.39, 0.29) is 30.2 Å². The van der Waals surface area contributed by atoms with Crippen LogP contribution in [-0.4, -0.2) is 33.3 Å². The lowest BCUT2D eigenvalue weighted by Crippen LogP contribution is -2.42. The van der Waals surface area contributed by atoms with Crippen molar-refractivity contribution < 1.29 is 14.1 Å². The second-order valence-electron chi connectivity index (χ2n) is 8.33. The van der Waals surface area contributed by atoms with Gasteiger partial charge in [0.25, 0.3) is 11.5 Å². The van der Waals surface area contributed by atoms with Gasteiger partial charge in [0.05, 0.1) is 10.5 Å². The second kappa shape index (κ2) is 8.86. The largest absolute Gasteiger partial charge is 0.484 e. The van der Waals surface area contributed by atoms with Gasteiger partial charge in [-0.05, 0) is 56.9 Å². The van der Waals surface area contributed by atoms with Crippen LogP contribution in [0.5, 0.6) is 5.75 Å². The van der Waals surface area contributed by atoms with Gasteiger partial charge in [0.1, 0.15) is 22.4 Å². The molecule has 1 fully saturated rings. The topological polar surface area (TPSA) is 99.2 Å². The van der Waals surface area contributed by atoms with Crippen LogP contribution in [-0.2, 0) is 4.79 Å². The molecule has 9 heteroatoms. The Hall–Kier alpha value is -3.39. The van der Waals surface area contributed by atoms with Crippen LogP contribution in [0.4, 0.5) is 0 Å². The van der Waals surface area contributed by atoms with Crippen LogP contribution in [0.2, 0.25) is 5.02 Å². The minimum Gasteiger partial charge on any atom is -0.484 e. The van der Waals surface area contributed by atoms with Crippen molar-refractivity contribution in [2.45, 2.75) is 44.7 Å². The first-order valence-electron chi connectivity index (χ1n) is 10.9. The molecule has 8 nitrogen and oxygen atoms in total. The van der Waals surface area contributed by atoms with Gasteiger partial charge in [-0.25, -0.2) is 0 Å². The van der Waals surface area contributed by atoms with Crippen molar-refractivity contribution in [2.24, 2.45) is 0 Å². The fourth-order valence-electron chi connectivity index (χ4n) is 4.72. The van der Waals surface area contributed by atoms with E-state index in [1.807, 2.05) is 12.1 Å². The number of rotatable bonds is 5. The maximum Gasteiger partial charge on any atom is 0.264 e. The summed E-state index contributed by atoms with van der Waals surface area (Å²) in [5, 5.41) is 8.85. The molecule has 2 atom stereocenters. The van der Waals surface area contributed by atoms with E-state index in [0.717, 1.165) is 24.8 Å². The molecule has 170 valence electrons. The number of amides is 1. The standard InChI is InChI=1S/C24H23ClN4O4/c1-14-21-23(28-33-14)22-18(25)6-3-7-19(22)29(24(21)31)16-5-2-4-15(12-16)27-20(30)13-32-17-8-10-26-11-9-17/h3,6-11,15-16H,2,4-5,12-13H2,1H3,(H,27,30). The van der Waals surface area contributed by atoms with E-state index in [1.54, 1.807) is 42.1 Å². The Labute approximate surface area is 194 Å². The van der Waals surface area contributed by atoms with E-state index in [0.29, 0.717) is 39.2 Å². The monoisotopic (exact) mass is 466 g/mol. The van der Waals surface area contributed by atoms with Crippen molar-refractivity contribution in [3.8, 4) is 5.75 Å². The molecule has 1 saturated carbocycles. The van der Waals surface area contributed by atoms with Crippen LogP contribution in [0.3, 0.4) is 0 Å². The zero-order chi connectivity index (χ0) is 22.9. The number of aromatic nitrogens is 3. The van der Waals surface area contributed by atoms with E-state index < -0.39 is 0 Å². The molecule has 1 N–H and O–H groups in total. The molecule has 33 heavy (non-hydrogen) atoms. The van der Waals surface area contributed by atoms with Crippen LogP contribution in [0.1, 0.15) is 37.5 Å². The number of carbonyl (C=O) groups is 1. The number of benzene rings is 1. The third-order valence-electron chi connectivity index (χ3n) is 6.18. The van der Waals surface area contributed by atoms with E-state index in [1.165, 1.54) is 0 Å². The van der Waals surface area contributed by atoms with Crippen molar-refractivity contribution in [1.29, 1.82) is 0 Å². The van der Waals surface area contributed by atoms with Gasteiger partial charge in [-0.1, -0.05) is 22.8 Å². The van der Waals surface area contributed by atoms with Crippen molar-refractivity contribution in [2.75, 3.05) is 6.61 Å². The van der Waals surface area contributed by atoms with E-state index in [4.69, 9.17) is 20.9 Å². The summed E-state index contributed by atoms with van der Waals surface area (Å²) < 4.78 is 12.7. The average Bonchev–Trinajstić information content (AvgIpc) is 3.20. The zero-order valence-electron chi connectivity index (χ0n) is 18.1. The van der Waals surface area contributed by atoms with Gasteiger partial charge < -0.3 is 19.1 Å². The van der Waals surface area contributed by atoms with E-state index in [9.17, 15) is 9.59 Å². The van der Waals surface area contributed by atoms with Gasteiger partial charge in [0, 0.05) is 29.9 Å². The molecule has 1 aliphatic rings. The van der Waals surface area contributed by atoms with Gasteiger partial charge in [-0.15, -0.1) is 0 Å². The van der Waals surface area contributed by atoms with Crippen LogP contribution < -0.4 is 15.6 Å². The number of fused-ring (bicyclic) bond motifs is 3. The molecule has 3 heterocycles. The summed E-state index contributed by atoms with van der Waals surface area (Å²) in [4.78, 5) is 29.9. The molecule has 4 aromatic rings. The quantitative estimate of drug-likeness (QED) is 0.473. The number of ether oxygens (including phenoxy) is 1. The summed E-state index contributed by atoms with van der Waals surface area (Å²) in [5.41, 5.74) is 1.08. The molecule has 0 saturated heterocycles. The number of nitrogens with one attached hydrogen (secondary N) is 1. The highest BCUT2D eigenvalue weighted by Gasteiger charge is 2.28. The number of pyridine rings is 2. The number of aryl methyl sites for hydroxylation is 1. The summed E-state index contributed by atoms with van der Waals surface area (Å²) in [7, 11) is 0. The molecular formula is C24H23ClN4O4. The van der Waals surface area contributed by atoms with Crippen LogP contribution >= 0.6 is 11.6 Å². The Bertz CT molecular complexity index is 1380. The Morgan fingerprint density at radius 2 is 2.06 bits per heavy atom. The molecule has 5 rings (SSSR count). The number of hydrogen-bond acceptors (Lipinski definition) is 6. The van der Waals surface area contributed by atoms with Crippen molar-refractivity contribution in [3.63, 3.8) is 0 Å². The number of carbonyl (C=O) groups excluding carboxylic acids is 1. The normalized spacial score (nSPS) is 18.5. The summed E-state index contributed by atoms with van der Waals surface area (Å²) >= 11 is 6.52. The predicted octanol–water partition coefficient (Wildman–Crippen LogP) is 4.18. The number of hydrogen-bond donors (Lipinski definition) is 1. The Morgan fingerprint density at radius 1 is 1.24 bits per heavy atom. The second-order valence-corrected chi connectivity index (χ2v) is 8.74. The fraction of sp³-hybridized carbons (Fsp3) is 0.333. The van der Waals surface area contributed by atoms with Gasteiger partial charge in [0.15, 0.2) is 6.61 Å². The fourth-order valence-corrected chi connectivity index (χ4v) is 4.98. The van der Waals surface area contributed by atoms with Gasteiger partial charge in [-0.3, -0.25) is 14.6 Å². The van der Waals surface area contributed by atoms with Crippen LogP contribution in [0.25, 0.3) is 21.8 Å². The minimum absolute atomic E-state index is 0.0577. The Morgan fingerprint density at radius 3 is 2.88 bits per heavy atom. The highest BCUT2D eigenvalue weighted by atomic mass is 35.5. The lowest BCUT2D eigenvalue weighted by atomic mass is 9.90. The van der Waals surface area contributed by atoms with E-state index in [2.05, 4.69) is 15.5 Å². The number of nitrogens with zero attached hydrogens (tertiary/aromatic N) is 3. The van der Waals surface area contributed by atoms with Gasteiger partial charge in [-0.2, -0.15) is 0 Å². The predicted molar refractivity (Wildman–Crippen MR) is 125 cm³/mol. The Kier molecular flexibility index (Phi) is 5.76. The first-order chi connectivity index (χ1) is 16.0. The van der Waals surface area contributed by atoms with E-state index >= 15 is 0 Å². The first kappa shape index (κ1) is 21.5. The molecule has 3 aromatic heterocycles. The van der Waals surface area contributed by atoms with Gasteiger partial charge >= 0.3 is 0 Å². The first-order valence-corrected chi connectivity index (χ1v) is 11.3. The molecule has 1 amide bonds. The third kappa shape index (κ3) is 4.06. The molecule has 0 bridgehead atoms. The maximum absolute atomic E-state index is 13.5.